The largest absolute Gasteiger partial charge is 0.389 e. The van der Waals surface area contributed by atoms with Crippen molar-refractivity contribution in [1.82, 2.24) is 34.4 Å². The minimum absolute atomic E-state index is 0.295. The first kappa shape index (κ1) is 20.5. The van der Waals surface area contributed by atoms with Gasteiger partial charge in [0.15, 0.2) is 5.65 Å². The summed E-state index contributed by atoms with van der Waals surface area (Å²) in [5.41, 5.74) is 2.92. The van der Waals surface area contributed by atoms with Gasteiger partial charge in [-0.25, -0.2) is 14.4 Å². The maximum atomic E-state index is 14.0. The van der Waals surface area contributed by atoms with E-state index in [1.807, 2.05) is 35.0 Å². The van der Waals surface area contributed by atoms with Crippen LogP contribution in [0.1, 0.15) is 13.8 Å². The summed E-state index contributed by atoms with van der Waals surface area (Å²) in [6.45, 7) is 4.78. The lowest BCUT2D eigenvalue weighted by Crippen LogP contribution is -2.29. The van der Waals surface area contributed by atoms with E-state index in [1.165, 1.54) is 0 Å². The quantitative estimate of drug-likeness (QED) is 0.425. The molecule has 5 rings (SSSR count). The molecular formula is C22H25FN8O. The number of alkyl halides is 1. The first-order valence-electron chi connectivity index (χ1n) is 10.5. The summed E-state index contributed by atoms with van der Waals surface area (Å²) in [6.07, 6.45) is 7.98. The first-order chi connectivity index (χ1) is 15.4. The van der Waals surface area contributed by atoms with Crippen LogP contribution in [0.15, 0.2) is 49.2 Å². The lowest BCUT2D eigenvalue weighted by molar-refractivity contribution is 0.0577. The Morgan fingerprint density at radius 3 is 2.81 bits per heavy atom. The highest BCUT2D eigenvalue weighted by Crippen LogP contribution is 2.24. The van der Waals surface area contributed by atoms with Gasteiger partial charge in [-0.3, -0.25) is 14.1 Å². The Morgan fingerprint density at radius 2 is 2.03 bits per heavy atom. The molecule has 10 heteroatoms. The second kappa shape index (κ2) is 7.95. The van der Waals surface area contributed by atoms with E-state index in [0.717, 1.165) is 22.6 Å². The number of pyridine rings is 1. The molecular weight excluding hydrogens is 411 g/mol. The number of aromatic nitrogens is 6. The van der Waals surface area contributed by atoms with Gasteiger partial charge in [0, 0.05) is 31.0 Å². The van der Waals surface area contributed by atoms with E-state index in [0.29, 0.717) is 31.1 Å². The zero-order chi connectivity index (χ0) is 22.3. The van der Waals surface area contributed by atoms with Gasteiger partial charge in [0.1, 0.15) is 12.0 Å². The fraction of sp³-hybridized carbons (Fsp3) is 0.364. The number of anilines is 1. The van der Waals surface area contributed by atoms with Gasteiger partial charge in [0.05, 0.1) is 53.9 Å². The molecule has 3 N–H and O–H groups in total. The summed E-state index contributed by atoms with van der Waals surface area (Å²) in [4.78, 5) is 13.6. The Kier molecular flexibility index (Phi) is 5.10. The molecule has 0 saturated carbocycles. The Balaban J connectivity index is 1.45. The molecule has 32 heavy (non-hydrogen) atoms. The van der Waals surface area contributed by atoms with E-state index in [4.69, 9.17) is 0 Å². The van der Waals surface area contributed by atoms with Crippen LogP contribution in [0.5, 0.6) is 0 Å². The standard InChI is InChI=1S/C22H25FN8O/c1-22(2,32)13-30-11-14(6-27-30)18-12-31-19(9-26-21(31)10-25-18)16-4-3-5-20(28-16)29-17-8-24-7-15(17)23/h3-6,9-12,15,17,24,32H,7-8,13H2,1-2H3,(H,28,29)/t15-,17-/m0/s1. The zero-order valence-electron chi connectivity index (χ0n) is 17.9. The van der Waals surface area contributed by atoms with Gasteiger partial charge in [-0.1, -0.05) is 6.07 Å². The molecule has 1 aliphatic rings. The summed E-state index contributed by atoms with van der Waals surface area (Å²) >= 11 is 0. The van der Waals surface area contributed by atoms with Gasteiger partial charge in [-0.05, 0) is 26.0 Å². The van der Waals surface area contributed by atoms with Crippen molar-refractivity contribution in [3.63, 3.8) is 0 Å². The molecule has 0 amide bonds. The summed E-state index contributed by atoms with van der Waals surface area (Å²) in [6, 6.07) is 5.33. The summed E-state index contributed by atoms with van der Waals surface area (Å²) in [5.74, 6) is 0.621. The topological polar surface area (TPSA) is 105 Å². The number of hydrogen-bond donors (Lipinski definition) is 3. The molecule has 0 aliphatic carbocycles. The molecule has 4 aromatic rings. The summed E-state index contributed by atoms with van der Waals surface area (Å²) in [5, 5.41) is 20.6. The smallest absolute Gasteiger partial charge is 0.155 e. The van der Waals surface area contributed by atoms with Crippen molar-refractivity contribution in [2.75, 3.05) is 18.4 Å². The van der Waals surface area contributed by atoms with Crippen LogP contribution >= 0.6 is 0 Å². The minimum atomic E-state index is -0.942. The number of halogens is 1. The van der Waals surface area contributed by atoms with Crippen molar-refractivity contribution < 1.29 is 9.50 Å². The Hall–Kier alpha value is -3.37. The molecule has 4 aromatic heterocycles. The molecule has 0 aromatic carbocycles. The number of rotatable bonds is 6. The SMILES string of the molecule is CC(C)(O)Cn1cc(-c2cn3c(-c4cccc(N[C@H]5CNC[C@@H]5F)n4)cnc3cn2)cn1. The zero-order valence-corrected chi connectivity index (χ0v) is 17.9. The second-order valence-corrected chi connectivity index (χ2v) is 8.72. The predicted molar refractivity (Wildman–Crippen MR) is 119 cm³/mol. The molecule has 166 valence electrons. The number of nitrogens with zero attached hydrogens (tertiary/aromatic N) is 6. The van der Waals surface area contributed by atoms with Crippen molar-refractivity contribution in [3.05, 3.63) is 49.2 Å². The van der Waals surface area contributed by atoms with Crippen molar-refractivity contribution >= 4 is 11.5 Å². The van der Waals surface area contributed by atoms with Crippen LogP contribution in [0.3, 0.4) is 0 Å². The van der Waals surface area contributed by atoms with Gasteiger partial charge < -0.3 is 15.7 Å². The Bertz CT molecular complexity index is 1240. The van der Waals surface area contributed by atoms with Crippen molar-refractivity contribution in [1.29, 1.82) is 0 Å². The molecule has 9 nitrogen and oxygen atoms in total. The third kappa shape index (κ3) is 4.19. The van der Waals surface area contributed by atoms with Crippen molar-refractivity contribution in [2.45, 2.75) is 38.2 Å². The minimum Gasteiger partial charge on any atom is -0.389 e. The number of fused-ring (bicyclic) bond motifs is 1. The Labute approximate surface area is 184 Å². The van der Waals surface area contributed by atoms with Gasteiger partial charge in [0.2, 0.25) is 0 Å². The van der Waals surface area contributed by atoms with Crippen LogP contribution in [-0.4, -0.2) is 65.1 Å². The third-order valence-corrected chi connectivity index (χ3v) is 5.36. The first-order valence-corrected chi connectivity index (χ1v) is 10.5. The van der Waals surface area contributed by atoms with E-state index in [2.05, 4.69) is 30.7 Å². The number of nitrogens with one attached hydrogen (secondary N) is 2. The summed E-state index contributed by atoms with van der Waals surface area (Å²) in [7, 11) is 0. The lowest BCUT2D eigenvalue weighted by atomic mass is 10.1. The second-order valence-electron chi connectivity index (χ2n) is 8.72. The maximum Gasteiger partial charge on any atom is 0.155 e. The van der Waals surface area contributed by atoms with Crippen LogP contribution in [0, 0.1) is 0 Å². The van der Waals surface area contributed by atoms with Crippen molar-refractivity contribution in [2.24, 2.45) is 0 Å². The number of aliphatic hydroxyl groups is 1. The normalized spacial score (nSPS) is 19.0. The van der Waals surface area contributed by atoms with Gasteiger partial charge in [0.25, 0.3) is 0 Å². The average Bonchev–Trinajstić information content (AvgIpc) is 3.47. The third-order valence-electron chi connectivity index (χ3n) is 5.36. The predicted octanol–water partition coefficient (Wildman–Crippen LogP) is 2.15. The van der Waals surface area contributed by atoms with Crippen LogP contribution < -0.4 is 10.6 Å². The van der Waals surface area contributed by atoms with Crippen LogP contribution in [-0.2, 0) is 6.54 Å². The van der Waals surface area contributed by atoms with E-state index in [-0.39, 0.29) is 6.04 Å². The molecule has 5 heterocycles. The Morgan fingerprint density at radius 1 is 1.16 bits per heavy atom. The highest BCUT2D eigenvalue weighted by molar-refractivity contribution is 5.64. The fourth-order valence-electron chi connectivity index (χ4n) is 3.84. The van der Waals surface area contributed by atoms with E-state index >= 15 is 0 Å². The monoisotopic (exact) mass is 436 g/mol. The van der Waals surface area contributed by atoms with Crippen LogP contribution in [0.2, 0.25) is 0 Å². The molecule has 0 bridgehead atoms. The van der Waals surface area contributed by atoms with E-state index in [1.54, 1.807) is 37.1 Å². The van der Waals surface area contributed by atoms with E-state index in [9.17, 15) is 9.50 Å². The van der Waals surface area contributed by atoms with Crippen molar-refractivity contribution in [3.8, 4) is 22.6 Å². The average molecular weight is 436 g/mol. The molecule has 0 spiro atoms. The molecule has 1 saturated heterocycles. The summed E-state index contributed by atoms with van der Waals surface area (Å²) < 4.78 is 17.6. The highest BCUT2D eigenvalue weighted by atomic mass is 19.1. The van der Waals surface area contributed by atoms with Gasteiger partial charge >= 0.3 is 0 Å². The van der Waals surface area contributed by atoms with Gasteiger partial charge in [-0.15, -0.1) is 0 Å². The molecule has 1 fully saturated rings. The fourth-order valence-corrected chi connectivity index (χ4v) is 3.84. The lowest BCUT2D eigenvalue weighted by Gasteiger charge is -2.16. The maximum absolute atomic E-state index is 14.0. The molecule has 0 unspecified atom stereocenters. The molecule has 2 atom stereocenters. The molecule has 0 radical (unpaired) electrons. The molecule has 1 aliphatic heterocycles. The van der Waals surface area contributed by atoms with Crippen LogP contribution in [0.4, 0.5) is 10.2 Å². The number of hydrogen-bond acceptors (Lipinski definition) is 7. The van der Waals surface area contributed by atoms with Gasteiger partial charge in [-0.2, -0.15) is 5.10 Å². The van der Waals surface area contributed by atoms with E-state index < -0.39 is 11.8 Å². The number of imidazole rings is 1. The van der Waals surface area contributed by atoms with Crippen LogP contribution in [0.25, 0.3) is 28.3 Å². The highest BCUT2D eigenvalue weighted by Gasteiger charge is 2.26.